The van der Waals surface area contributed by atoms with Crippen LogP contribution in [0.5, 0.6) is 0 Å². The zero-order valence-electron chi connectivity index (χ0n) is 11.3. The molecule has 1 rings (SSSR count). The SMILES string of the molecule is CN(CC(=O)N(C)C(C)(C)CO)c1ncccn1. The third-order valence-electron chi connectivity index (χ3n) is 2.94. The minimum atomic E-state index is -0.574. The highest BCUT2D eigenvalue weighted by Crippen LogP contribution is 2.12. The minimum absolute atomic E-state index is 0.0825. The number of aliphatic hydroxyl groups excluding tert-OH is 1. The van der Waals surface area contributed by atoms with Crippen molar-refractivity contribution in [3.05, 3.63) is 18.5 Å². The van der Waals surface area contributed by atoms with Gasteiger partial charge in [0.15, 0.2) is 0 Å². The van der Waals surface area contributed by atoms with Crippen LogP contribution in [0.1, 0.15) is 13.8 Å². The van der Waals surface area contributed by atoms with E-state index in [2.05, 4.69) is 9.97 Å². The fourth-order valence-corrected chi connectivity index (χ4v) is 1.31. The molecule has 18 heavy (non-hydrogen) atoms. The van der Waals surface area contributed by atoms with Gasteiger partial charge >= 0.3 is 0 Å². The van der Waals surface area contributed by atoms with E-state index in [0.29, 0.717) is 5.95 Å². The van der Waals surface area contributed by atoms with Crippen LogP contribution in [-0.4, -0.2) is 58.7 Å². The summed E-state index contributed by atoms with van der Waals surface area (Å²) in [5.41, 5.74) is -0.574. The number of nitrogens with zero attached hydrogens (tertiary/aromatic N) is 4. The summed E-state index contributed by atoms with van der Waals surface area (Å²) in [6.07, 6.45) is 3.26. The van der Waals surface area contributed by atoms with E-state index in [-0.39, 0.29) is 19.1 Å². The first-order chi connectivity index (χ1) is 8.38. The fraction of sp³-hybridized carbons (Fsp3) is 0.583. The lowest BCUT2D eigenvalue weighted by atomic mass is 10.1. The first-order valence-electron chi connectivity index (χ1n) is 5.74. The van der Waals surface area contributed by atoms with Crippen LogP contribution in [0.3, 0.4) is 0 Å². The Bertz CT molecular complexity index is 394. The zero-order chi connectivity index (χ0) is 13.8. The third kappa shape index (κ3) is 3.40. The van der Waals surface area contributed by atoms with Crippen LogP contribution >= 0.6 is 0 Å². The Morgan fingerprint density at radius 2 is 1.89 bits per heavy atom. The summed E-state index contributed by atoms with van der Waals surface area (Å²) >= 11 is 0. The van der Waals surface area contributed by atoms with Crippen molar-refractivity contribution in [1.82, 2.24) is 14.9 Å². The van der Waals surface area contributed by atoms with Crippen LogP contribution < -0.4 is 4.90 Å². The summed E-state index contributed by atoms with van der Waals surface area (Å²) in [5.74, 6) is 0.407. The Morgan fingerprint density at radius 3 is 2.39 bits per heavy atom. The number of carbonyl (C=O) groups excluding carboxylic acids is 1. The first-order valence-corrected chi connectivity index (χ1v) is 5.74. The molecule has 100 valence electrons. The maximum Gasteiger partial charge on any atom is 0.242 e. The number of amides is 1. The number of aliphatic hydroxyl groups is 1. The van der Waals surface area contributed by atoms with Gasteiger partial charge in [-0.1, -0.05) is 0 Å². The van der Waals surface area contributed by atoms with Gasteiger partial charge in [0.25, 0.3) is 0 Å². The topological polar surface area (TPSA) is 69.6 Å². The van der Waals surface area contributed by atoms with Gasteiger partial charge in [-0.2, -0.15) is 0 Å². The molecule has 6 nitrogen and oxygen atoms in total. The molecular weight excluding hydrogens is 232 g/mol. The second-order valence-electron chi connectivity index (χ2n) is 4.83. The van der Waals surface area contributed by atoms with Crippen molar-refractivity contribution in [2.24, 2.45) is 0 Å². The summed E-state index contributed by atoms with van der Waals surface area (Å²) in [6.45, 7) is 3.71. The molecule has 6 heteroatoms. The van der Waals surface area contributed by atoms with Gasteiger partial charge in [0, 0.05) is 26.5 Å². The molecule has 0 aliphatic rings. The first kappa shape index (κ1) is 14.4. The summed E-state index contributed by atoms with van der Waals surface area (Å²) in [7, 11) is 3.44. The van der Waals surface area contributed by atoms with Crippen LogP contribution in [0.15, 0.2) is 18.5 Å². The van der Waals surface area contributed by atoms with Crippen LogP contribution in [0.4, 0.5) is 5.95 Å². The number of anilines is 1. The van der Waals surface area contributed by atoms with Gasteiger partial charge in [0.1, 0.15) is 0 Å². The lowest BCUT2D eigenvalue weighted by Crippen LogP contribution is -2.50. The van der Waals surface area contributed by atoms with E-state index in [1.165, 1.54) is 4.90 Å². The van der Waals surface area contributed by atoms with Crippen molar-refractivity contribution in [3.8, 4) is 0 Å². The largest absolute Gasteiger partial charge is 0.394 e. The minimum Gasteiger partial charge on any atom is -0.394 e. The van der Waals surface area contributed by atoms with E-state index in [4.69, 9.17) is 0 Å². The lowest BCUT2D eigenvalue weighted by Gasteiger charge is -2.35. The standard InChI is InChI=1S/C12H20N4O2/c1-12(2,9-17)16(4)10(18)8-15(3)11-13-6-5-7-14-11/h5-7,17H,8-9H2,1-4H3. The fourth-order valence-electron chi connectivity index (χ4n) is 1.31. The van der Waals surface area contributed by atoms with Crippen LogP contribution in [-0.2, 0) is 4.79 Å². The number of aromatic nitrogens is 2. The molecule has 0 spiro atoms. The number of rotatable bonds is 5. The van der Waals surface area contributed by atoms with Gasteiger partial charge in [-0.05, 0) is 19.9 Å². The zero-order valence-corrected chi connectivity index (χ0v) is 11.3. The van der Waals surface area contributed by atoms with E-state index < -0.39 is 5.54 Å². The summed E-state index contributed by atoms with van der Waals surface area (Å²) in [4.78, 5) is 23.4. The molecule has 0 bridgehead atoms. The van der Waals surface area contributed by atoms with Crippen molar-refractivity contribution in [2.45, 2.75) is 19.4 Å². The maximum atomic E-state index is 12.0. The van der Waals surface area contributed by atoms with Crippen molar-refractivity contribution in [2.75, 3.05) is 32.1 Å². The molecule has 0 fully saturated rings. The quantitative estimate of drug-likeness (QED) is 0.807. The predicted octanol–water partition coefficient (Wildman–Crippen LogP) is 0.142. The van der Waals surface area contributed by atoms with Crippen molar-refractivity contribution < 1.29 is 9.90 Å². The normalized spacial score (nSPS) is 11.2. The number of carbonyl (C=O) groups is 1. The van der Waals surface area contributed by atoms with Gasteiger partial charge in [-0.15, -0.1) is 0 Å². The molecule has 0 radical (unpaired) electrons. The molecule has 0 aromatic carbocycles. The Labute approximate surface area is 107 Å². The van der Waals surface area contributed by atoms with Crippen LogP contribution in [0.25, 0.3) is 0 Å². The van der Waals surface area contributed by atoms with Gasteiger partial charge < -0.3 is 14.9 Å². The Hall–Kier alpha value is -1.69. The summed E-state index contributed by atoms with van der Waals surface area (Å²) in [6, 6.07) is 1.72. The highest BCUT2D eigenvalue weighted by atomic mass is 16.3. The molecule has 1 aromatic heterocycles. The number of likely N-dealkylation sites (N-methyl/N-ethyl adjacent to an activating group) is 2. The van der Waals surface area contributed by atoms with Gasteiger partial charge in [-0.3, -0.25) is 4.79 Å². The molecule has 1 aromatic rings. The van der Waals surface area contributed by atoms with Gasteiger partial charge in [-0.25, -0.2) is 9.97 Å². The predicted molar refractivity (Wildman–Crippen MR) is 69.2 cm³/mol. The Morgan fingerprint density at radius 1 is 1.33 bits per heavy atom. The highest BCUT2D eigenvalue weighted by Gasteiger charge is 2.27. The molecule has 0 aliphatic heterocycles. The number of hydrogen-bond donors (Lipinski definition) is 1. The molecule has 1 heterocycles. The average molecular weight is 252 g/mol. The molecule has 0 aliphatic carbocycles. The van der Waals surface area contributed by atoms with Gasteiger partial charge in [0.05, 0.1) is 18.7 Å². The van der Waals surface area contributed by atoms with Crippen molar-refractivity contribution >= 4 is 11.9 Å². The van der Waals surface area contributed by atoms with E-state index in [1.54, 1.807) is 37.5 Å². The van der Waals surface area contributed by atoms with E-state index in [1.807, 2.05) is 13.8 Å². The third-order valence-corrected chi connectivity index (χ3v) is 2.94. The van der Waals surface area contributed by atoms with Crippen LogP contribution in [0.2, 0.25) is 0 Å². The Balaban J connectivity index is 2.66. The van der Waals surface area contributed by atoms with Gasteiger partial charge in [0.2, 0.25) is 11.9 Å². The highest BCUT2D eigenvalue weighted by molar-refractivity contribution is 5.81. The molecule has 0 unspecified atom stereocenters. The Kier molecular flexibility index (Phi) is 4.61. The lowest BCUT2D eigenvalue weighted by molar-refractivity contribution is -0.134. The van der Waals surface area contributed by atoms with Crippen molar-refractivity contribution in [3.63, 3.8) is 0 Å². The molecule has 0 saturated heterocycles. The average Bonchev–Trinajstić information content (AvgIpc) is 2.38. The van der Waals surface area contributed by atoms with E-state index in [9.17, 15) is 9.90 Å². The summed E-state index contributed by atoms with van der Waals surface area (Å²) < 4.78 is 0. The molecular formula is C12H20N4O2. The second-order valence-corrected chi connectivity index (χ2v) is 4.83. The van der Waals surface area contributed by atoms with E-state index >= 15 is 0 Å². The molecule has 0 saturated carbocycles. The smallest absolute Gasteiger partial charge is 0.242 e. The summed E-state index contributed by atoms with van der Waals surface area (Å²) in [5, 5.41) is 9.23. The molecule has 1 N–H and O–H groups in total. The van der Waals surface area contributed by atoms with Crippen LogP contribution in [0, 0.1) is 0 Å². The molecule has 0 atom stereocenters. The van der Waals surface area contributed by atoms with Crippen molar-refractivity contribution in [1.29, 1.82) is 0 Å². The number of hydrogen-bond acceptors (Lipinski definition) is 5. The van der Waals surface area contributed by atoms with E-state index in [0.717, 1.165) is 0 Å². The molecule has 1 amide bonds. The monoisotopic (exact) mass is 252 g/mol. The second kappa shape index (κ2) is 5.77. The maximum absolute atomic E-state index is 12.0.